The van der Waals surface area contributed by atoms with Crippen LogP contribution in [0.5, 0.6) is 5.75 Å². The number of halogens is 1. The van der Waals surface area contributed by atoms with Gasteiger partial charge in [0.1, 0.15) is 5.75 Å². The number of hydrogen-bond donors (Lipinski definition) is 2. The number of rotatable bonds is 8. The van der Waals surface area contributed by atoms with Gasteiger partial charge in [-0.1, -0.05) is 16.8 Å². The Hall–Kier alpha value is -3.04. The van der Waals surface area contributed by atoms with Gasteiger partial charge in [0.05, 0.1) is 23.6 Å². The van der Waals surface area contributed by atoms with Gasteiger partial charge < -0.3 is 14.6 Å². The van der Waals surface area contributed by atoms with Crippen molar-refractivity contribution in [2.45, 2.75) is 25.2 Å². The zero-order valence-corrected chi connectivity index (χ0v) is 17.9. The molecular weight excluding hydrogens is 430 g/mol. The third-order valence-electron chi connectivity index (χ3n) is 4.24. The van der Waals surface area contributed by atoms with Gasteiger partial charge in [-0.3, -0.25) is 4.79 Å². The Labute approximate surface area is 179 Å². The van der Waals surface area contributed by atoms with Crippen LogP contribution >= 0.6 is 11.6 Å². The molecule has 8 nitrogen and oxygen atoms in total. The summed E-state index contributed by atoms with van der Waals surface area (Å²) in [5.74, 6) is 0.433. The first-order valence-corrected chi connectivity index (χ1v) is 10.8. The Kier molecular flexibility index (Phi) is 6.63. The van der Waals surface area contributed by atoms with Gasteiger partial charge in [0.2, 0.25) is 11.8 Å². The largest absolute Gasteiger partial charge is 0.493 e. The van der Waals surface area contributed by atoms with E-state index in [0.717, 1.165) is 0 Å². The van der Waals surface area contributed by atoms with Crippen LogP contribution in [0.25, 0.3) is 0 Å². The molecule has 2 N–H and O–H groups in total. The van der Waals surface area contributed by atoms with E-state index in [2.05, 4.69) is 15.2 Å². The average molecular weight is 450 g/mol. The summed E-state index contributed by atoms with van der Waals surface area (Å²) in [6.07, 6.45) is 0.133. The van der Waals surface area contributed by atoms with Crippen LogP contribution in [0.1, 0.15) is 17.7 Å². The van der Waals surface area contributed by atoms with Gasteiger partial charge in [-0.2, -0.15) is 0 Å². The quantitative estimate of drug-likeness (QED) is 0.534. The summed E-state index contributed by atoms with van der Waals surface area (Å²) < 4.78 is 37.8. The van der Waals surface area contributed by atoms with Crippen LogP contribution in [0.3, 0.4) is 0 Å². The number of carbonyl (C=O) groups excluding carboxylic acids is 1. The number of aromatic nitrogens is 1. The van der Waals surface area contributed by atoms with E-state index in [4.69, 9.17) is 20.9 Å². The molecule has 1 aromatic heterocycles. The maximum Gasteiger partial charge on any atom is 0.264 e. The summed E-state index contributed by atoms with van der Waals surface area (Å²) in [5, 5.41) is 7.02. The molecule has 10 heteroatoms. The van der Waals surface area contributed by atoms with Gasteiger partial charge >= 0.3 is 0 Å². The number of amides is 1. The fraction of sp³-hybridized carbons (Fsp3) is 0.200. The molecule has 0 bridgehead atoms. The third-order valence-corrected chi connectivity index (χ3v) is 5.84. The van der Waals surface area contributed by atoms with Crippen LogP contribution in [0.2, 0.25) is 5.02 Å². The van der Waals surface area contributed by atoms with Crippen molar-refractivity contribution in [2.75, 3.05) is 16.6 Å². The van der Waals surface area contributed by atoms with Crippen LogP contribution in [0, 0.1) is 13.8 Å². The lowest BCUT2D eigenvalue weighted by Crippen LogP contribution is -2.16. The lowest BCUT2D eigenvalue weighted by atomic mass is 10.3. The predicted octanol–water partition coefficient (Wildman–Crippen LogP) is 4.15. The van der Waals surface area contributed by atoms with E-state index >= 15 is 0 Å². The topological polar surface area (TPSA) is 111 Å². The summed E-state index contributed by atoms with van der Waals surface area (Å²) in [5.41, 5.74) is 1.69. The standard InChI is InChI=1S/C20H20ClN3O5S/c1-13-14(2)23-29-20(13)24-30(26,27)18-9-5-16(6-10-18)22-19(25)11-12-28-17-7-3-15(21)4-8-17/h3-10,24H,11-12H2,1-2H3,(H,22,25). The second-order valence-corrected chi connectivity index (χ2v) is 8.57. The molecule has 0 saturated carbocycles. The SMILES string of the molecule is Cc1noc(NS(=O)(=O)c2ccc(NC(=O)CCOc3ccc(Cl)cc3)cc2)c1C. The number of aryl methyl sites for hydroxylation is 1. The zero-order chi connectivity index (χ0) is 21.7. The molecule has 0 atom stereocenters. The lowest BCUT2D eigenvalue weighted by Gasteiger charge is -2.09. The lowest BCUT2D eigenvalue weighted by molar-refractivity contribution is -0.116. The molecule has 3 rings (SSSR count). The Morgan fingerprint density at radius 1 is 1.10 bits per heavy atom. The van der Waals surface area contributed by atoms with E-state index in [1.807, 2.05) is 0 Å². The van der Waals surface area contributed by atoms with Crippen LogP contribution < -0.4 is 14.8 Å². The smallest absolute Gasteiger partial charge is 0.264 e. The van der Waals surface area contributed by atoms with Gasteiger partial charge in [-0.15, -0.1) is 0 Å². The van der Waals surface area contributed by atoms with Gasteiger partial charge in [-0.25, -0.2) is 13.1 Å². The molecule has 0 radical (unpaired) electrons. The van der Waals surface area contributed by atoms with E-state index in [-0.39, 0.29) is 29.7 Å². The molecule has 1 heterocycles. The highest BCUT2D eigenvalue weighted by atomic mass is 35.5. The summed E-state index contributed by atoms with van der Waals surface area (Å²) in [7, 11) is -3.84. The summed E-state index contributed by atoms with van der Waals surface area (Å²) >= 11 is 5.81. The van der Waals surface area contributed by atoms with Crippen LogP contribution in [0.15, 0.2) is 57.9 Å². The molecule has 2 aromatic carbocycles. The minimum Gasteiger partial charge on any atom is -0.493 e. The fourth-order valence-corrected chi connectivity index (χ4v) is 3.60. The highest BCUT2D eigenvalue weighted by Gasteiger charge is 2.19. The summed E-state index contributed by atoms with van der Waals surface area (Å²) in [6.45, 7) is 3.62. The second kappa shape index (κ2) is 9.19. The second-order valence-electron chi connectivity index (χ2n) is 6.45. The van der Waals surface area contributed by atoms with Crippen molar-refractivity contribution in [3.8, 4) is 5.75 Å². The van der Waals surface area contributed by atoms with Crippen molar-refractivity contribution in [3.05, 3.63) is 64.8 Å². The van der Waals surface area contributed by atoms with Gasteiger partial charge in [0, 0.05) is 16.3 Å². The molecule has 0 fully saturated rings. The third kappa shape index (κ3) is 5.52. The highest BCUT2D eigenvalue weighted by Crippen LogP contribution is 2.22. The van der Waals surface area contributed by atoms with Crippen molar-refractivity contribution in [1.82, 2.24) is 5.16 Å². The monoisotopic (exact) mass is 449 g/mol. The molecule has 1 amide bonds. The maximum atomic E-state index is 12.5. The van der Waals surface area contributed by atoms with Crippen LogP contribution in [-0.2, 0) is 14.8 Å². The number of sulfonamides is 1. The van der Waals surface area contributed by atoms with Crippen molar-refractivity contribution < 1.29 is 22.5 Å². The molecule has 0 unspecified atom stereocenters. The number of nitrogens with one attached hydrogen (secondary N) is 2. The van der Waals surface area contributed by atoms with Gasteiger partial charge in [-0.05, 0) is 62.4 Å². The molecule has 0 aliphatic heterocycles. The van der Waals surface area contributed by atoms with Crippen molar-refractivity contribution >= 4 is 39.1 Å². The molecule has 0 aliphatic rings. The Bertz CT molecular complexity index is 1130. The Morgan fingerprint density at radius 2 is 1.77 bits per heavy atom. The molecule has 158 valence electrons. The van der Waals surface area contributed by atoms with E-state index in [0.29, 0.717) is 27.7 Å². The highest BCUT2D eigenvalue weighted by molar-refractivity contribution is 7.92. The number of benzene rings is 2. The molecule has 0 aliphatic carbocycles. The van der Waals surface area contributed by atoms with Gasteiger partial charge in [0.15, 0.2) is 0 Å². The summed E-state index contributed by atoms with van der Waals surface area (Å²) in [6, 6.07) is 12.6. The first-order valence-electron chi connectivity index (χ1n) is 8.98. The molecular formula is C20H20ClN3O5S. The van der Waals surface area contributed by atoms with Crippen molar-refractivity contribution in [2.24, 2.45) is 0 Å². The Balaban J connectivity index is 1.53. The Morgan fingerprint density at radius 3 is 2.37 bits per heavy atom. The van der Waals surface area contributed by atoms with Crippen LogP contribution in [0.4, 0.5) is 11.6 Å². The number of nitrogens with zero attached hydrogens (tertiary/aromatic N) is 1. The fourth-order valence-electron chi connectivity index (χ4n) is 2.42. The number of hydrogen-bond acceptors (Lipinski definition) is 6. The summed E-state index contributed by atoms with van der Waals surface area (Å²) in [4.78, 5) is 12.1. The number of anilines is 2. The van der Waals surface area contributed by atoms with Crippen molar-refractivity contribution in [1.29, 1.82) is 0 Å². The minimum absolute atomic E-state index is 0.0278. The van der Waals surface area contributed by atoms with E-state index < -0.39 is 10.0 Å². The molecule has 0 spiro atoms. The number of ether oxygens (including phenoxy) is 1. The average Bonchev–Trinajstić information content (AvgIpc) is 3.01. The maximum absolute atomic E-state index is 12.5. The van der Waals surface area contributed by atoms with E-state index in [9.17, 15) is 13.2 Å². The molecule has 3 aromatic rings. The minimum atomic E-state index is -3.84. The van der Waals surface area contributed by atoms with Crippen LogP contribution in [-0.4, -0.2) is 26.1 Å². The predicted molar refractivity (Wildman–Crippen MR) is 113 cm³/mol. The van der Waals surface area contributed by atoms with Gasteiger partial charge in [0.25, 0.3) is 10.0 Å². The molecule has 0 saturated heterocycles. The van der Waals surface area contributed by atoms with E-state index in [1.165, 1.54) is 24.3 Å². The first-order chi connectivity index (χ1) is 14.2. The number of carbonyl (C=O) groups is 1. The van der Waals surface area contributed by atoms with E-state index in [1.54, 1.807) is 38.1 Å². The molecule has 30 heavy (non-hydrogen) atoms. The first kappa shape index (κ1) is 21.7. The zero-order valence-electron chi connectivity index (χ0n) is 16.3. The van der Waals surface area contributed by atoms with Crippen molar-refractivity contribution in [3.63, 3.8) is 0 Å². The normalized spacial score (nSPS) is 11.2.